The lowest BCUT2D eigenvalue weighted by atomic mass is 10.1. The van der Waals surface area contributed by atoms with E-state index in [-0.39, 0.29) is 0 Å². The summed E-state index contributed by atoms with van der Waals surface area (Å²) in [5.41, 5.74) is 1.37. The maximum atomic E-state index is 4.15. The summed E-state index contributed by atoms with van der Waals surface area (Å²) in [5.74, 6) is 0. The largest absolute Gasteiger partial charge is 0.304 e. The number of likely N-dealkylation sites (N-methyl/N-ethyl adjacent to an activating group) is 1. The molecule has 3 rings (SSSR count). The lowest BCUT2D eigenvalue weighted by molar-refractivity contribution is 0.00548. The van der Waals surface area contributed by atoms with Gasteiger partial charge in [0, 0.05) is 63.4 Å². The first-order valence-corrected chi connectivity index (χ1v) is 7.18. The highest BCUT2D eigenvalue weighted by Crippen LogP contribution is 2.19. The van der Waals surface area contributed by atoms with E-state index in [0.717, 1.165) is 12.6 Å². The highest BCUT2D eigenvalue weighted by molar-refractivity contribution is 7.03. The second-order valence-corrected chi connectivity index (χ2v) is 5.88. The van der Waals surface area contributed by atoms with Crippen molar-refractivity contribution in [2.75, 3.05) is 46.3 Å². The first kappa shape index (κ1) is 11.6. The first-order valence-electron chi connectivity index (χ1n) is 6.34. The third-order valence-electron chi connectivity index (χ3n) is 3.88. The van der Waals surface area contributed by atoms with Crippen LogP contribution in [0.1, 0.15) is 5.56 Å². The maximum Gasteiger partial charge on any atom is 0.0452 e. The highest BCUT2D eigenvalue weighted by atomic mass is 32.1. The van der Waals surface area contributed by atoms with Crippen molar-refractivity contribution in [2.45, 2.75) is 12.6 Å². The molecule has 94 valence electrons. The Bertz CT molecular complexity index is 339. The van der Waals surface area contributed by atoms with E-state index >= 15 is 0 Å². The Morgan fingerprint density at radius 3 is 2.71 bits per heavy atom. The molecule has 5 heteroatoms. The zero-order valence-corrected chi connectivity index (χ0v) is 11.2. The zero-order chi connectivity index (χ0) is 11.7. The van der Waals surface area contributed by atoms with Gasteiger partial charge in [-0.25, -0.2) is 4.37 Å². The standard InChI is InChI=1S/C12H20N4S/c1-14-2-4-16(5-3-14)12-8-15(9-12)7-11-6-13-17-10-11/h6,10,12H,2-5,7-9H2,1H3. The summed E-state index contributed by atoms with van der Waals surface area (Å²) in [5, 5.41) is 2.16. The van der Waals surface area contributed by atoms with Gasteiger partial charge < -0.3 is 4.90 Å². The summed E-state index contributed by atoms with van der Waals surface area (Å²) in [6.45, 7) is 8.50. The van der Waals surface area contributed by atoms with Gasteiger partial charge in [0.25, 0.3) is 0 Å². The lowest BCUT2D eigenvalue weighted by Crippen LogP contribution is -2.62. The van der Waals surface area contributed by atoms with Crippen LogP contribution in [-0.2, 0) is 6.54 Å². The average molecular weight is 252 g/mol. The van der Waals surface area contributed by atoms with E-state index in [1.165, 1.54) is 44.8 Å². The van der Waals surface area contributed by atoms with Crippen LogP contribution in [0.2, 0.25) is 0 Å². The Labute approximate surface area is 107 Å². The van der Waals surface area contributed by atoms with Gasteiger partial charge in [-0.05, 0) is 24.1 Å². The molecular weight excluding hydrogens is 232 g/mol. The van der Waals surface area contributed by atoms with Crippen molar-refractivity contribution in [3.63, 3.8) is 0 Å². The number of hydrogen-bond acceptors (Lipinski definition) is 5. The number of piperazine rings is 1. The van der Waals surface area contributed by atoms with Crippen molar-refractivity contribution < 1.29 is 0 Å². The molecule has 3 heterocycles. The SMILES string of the molecule is CN1CCN(C2CN(Cc3cnsc3)C2)CC1. The minimum absolute atomic E-state index is 0.801. The second kappa shape index (κ2) is 5.02. The van der Waals surface area contributed by atoms with Crippen LogP contribution in [0.25, 0.3) is 0 Å². The van der Waals surface area contributed by atoms with E-state index in [1.54, 1.807) is 11.5 Å². The molecule has 0 spiro atoms. The molecule has 0 radical (unpaired) electrons. The van der Waals surface area contributed by atoms with Crippen molar-refractivity contribution in [3.8, 4) is 0 Å². The van der Waals surface area contributed by atoms with Gasteiger partial charge in [0.15, 0.2) is 0 Å². The Kier molecular flexibility index (Phi) is 3.42. The summed E-state index contributed by atoms with van der Waals surface area (Å²) >= 11 is 1.55. The topological polar surface area (TPSA) is 22.6 Å². The van der Waals surface area contributed by atoms with Crippen LogP contribution in [0.15, 0.2) is 11.6 Å². The quantitative estimate of drug-likeness (QED) is 0.784. The van der Waals surface area contributed by atoms with E-state index in [2.05, 4.69) is 31.5 Å². The van der Waals surface area contributed by atoms with Gasteiger partial charge in [-0.15, -0.1) is 0 Å². The average Bonchev–Trinajstić information content (AvgIpc) is 2.77. The summed E-state index contributed by atoms with van der Waals surface area (Å²) in [6, 6.07) is 0.801. The van der Waals surface area contributed by atoms with Crippen LogP contribution in [0.5, 0.6) is 0 Å². The van der Waals surface area contributed by atoms with Gasteiger partial charge in [-0.2, -0.15) is 0 Å². The molecule has 0 amide bonds. The zero-order valence-electron chi connectivity index (χ0n) is 10.4. The Balaban J connectivity index is 1.42. The number of rotatable bonds is 3. The molecule has 0 aromatic carbocycles. The molecule has 1 aromatic rings. The molecule has 4 nitrogen and oxygen atoms in total. The fourth-order valence-corrected chi connectivity index (χ4v) is 3.18. The van der Waals surface area contributed by atoms with Gasteiger partial charge in [0.05, 0.1) is 0 Å². The van der Waals surface area contributed by atoms with Gasteiger partial charge in [-0.3, -0.25) is 9.80 Å². The van der Waals surface area contributed by atoms with Crippen molar-refractivity contribution in [3.05, 3.63) is 17.1 Å². The molecular formula is C12H20N4S. The molecule has 17 heavy (non-hydrogen) atoms. The Morgan fingerprint density at radius 2 is 2.06 bits per heavy atom. The molecule has 2 aliphatic heterocycles. The molecule has 0 unspecified atom stereocenters. The van der Waals surface area contributed by atoms with Crippen molar-refractivity contribution in [1.82, 2.24) is 19.1 Å². The minimum atomic E-state index is 0.801. The van der Waals surface area contributed by atoms with Crippen molar-refractivity contribution in [2.24, 2.45) is 0 Å². The molecule has 1 aromatic heterocycles. The Morgan fingerprint density at radius 1 is 1.29 bits per heavy atom. The minimum Gasteiger partial charge on any atom is -0.304 e. The van der Waals surface area contributed by atoms with Crippen molar-refractivity contribution >= 4 is 11.5 Å². The summed E-state index contributed by atoms with van der Waals surface area (Å²) in [6.07, 6.45) is 1.99. The highest BCUT2D eigenvalue weighted by Gasteiger charge is 2.32. The first-order chi connectivity index (χ1) is 8.31. The molecule has 0 N–H and O–H groups in total. The van der Waals surface area contributed by atoms with E-state index in [1.807, 2.05) is 6.20 Å². The van der Waals surface area contributed by atoms with Gasteiger partial charge in [0.1, 0.15) is 0 Å². The molecule has 0 saturated carbocycles. The van der Waals surface area contributed by atoms with Crippen LogP contribution < -0.4 is 0 Å². The monoisotopic (exact) mass is 252 g/mol. The van der Waals surface area contributed by atoms with Gasteiger partial charge >= 0.3 is 0 Å². The third-order valence-corrected chi connectivity index (χ3v) is 4.52. The summed E-state index contributed by atoms with van der Waals surface area (Å²) < 4.78 is 4.15. The van der Waals surface area contributed by atoms with Crippen molar-refractivity contribution in [1.29, 1.82) is 0 Å². The third kappa shape index (κ3) is 2.68. The Hall–Kier alpha value is -0.490. The van der Waals surface area contributed by atoms with E-state index < -0.39 is 0 Å². The van der Waals surface area contributed by atoms with Crippen LogP contribution in [0, 0.1) is 0 Å². The maximum absolute atomic E-state index is 4.15. The van der Waals surface area contributed by atoms with E-state index in [4.69, 9.17) is 0 Å². The van der Waals surface area contributed by atoms with Gasteiger partial charge in [0.2, 0.25) is 0 Å². The molecule has 0 bridgehead atoms. The van der Waals surface area contributed by atoms with Crippen LogP contribution in [-0.4, -0.2) is 71.4 Å². The van der Waals surface area contributed by atoms with E-state index in [0.29, 0.717) is 0 Å². The molecule has 2 aliphatic rings. The molecule has 0 aliphatic carbocycles. The summed E-state index contributed by atoms with van der Waals surface area (Å²) in [7, 11) is 2.22. The second-order valence-electron chi connectivity index (χ2n) is 5.22. The van der Waals surface area contributed by atoms with Crippen LogP contribution >= 0.6 is 11.5 Å². The van der Waals surface area contributed by atoms with E-state index in [9.17, 15) is 0 Å². The molecule has 0 atom stereocenters. The smallest absolute Gasteiger partial charge is 0.0452 e. The predicted molar refractivity (Wildman–Crippen MR) is 70.2 cm³/mol. The number of aromatic nitrogens is 1. The fraction of sp³-hybridized carbons (Fsp3) is 0.750. The fourth-order valence-electron chi connectivity index (χ4n) is 2.65. The normalized spacial score (nSPS) is 25.0. The number of hydrogen-bond donors (Lipinski definition) is 0. The van der Waals surface area contributed by atoms with Gasteiger partial charge in [-0.1, -0.05) is 0 Å². The predicted octanol–water partition coefficient (Wildman–Crippen LogP) is 0.575. The number of nitrogens with zero attached hydrogens (tertiary/aromatic N) is 4. The molecule has 2 saturated heterocycles. The molecule has 2 fully saturated rings. The number of likely N-dealkylation sites (tertiary alicyclic amines) is 1. The van der Waals surface area contributed by atoms with Crippen LogP contribution in [0.3, 0.4) is 0 Å². The lowest BCUT2D eigenvalue weighted by Gasteiger charge is -2.47. The van der Waals surface area contributed by atoms with Crippen LogP contribution in [0.4, 0.5) is 0 Å². The summed E-state index contributed by atoms with van der Waals surface area (Å²) in [4.78, 5) is 7.60.